The molecule has 1 aromatic carbocycles. The number of phenolic OH excluding ortho intramolecular Hbond substituents is 1. The summed E-state index contributed by atoms with van der Waals surface area (Å²) >= 11 is 0. The average molecular weight is 201 g/mol. The smallest absolute Gasteiger partial charge is 0.231 e. The van der Waals surface area contributed by atoms with Crippen LogP contribution in [0.1, 0.15) is 5.56 Å². The number of hydrogen-bond acceptors (Lipinski definition) is 5. The van der Waals surface area contributed by atoms with Crippen LogP contribution in [0.3, 0.4) is 0 Å². The molecule has 3 N–H and O–H groups in total. The fourth-order valence-corrected chi connectivity index (χ4v) is 1.31. The summed E-state index contributed by atoms with van der Waals surface area (Å²) in [6.45, 7) is -0.178. The largest absolute Gasteiger partial charge is 0.505 e. The summed E-state index contributed by atoms with van der Waals surface area (Å²) in [6, 6.07) is 1.14. The van der Waals surface area contributed by atoms with Gasteiger partial charge in [-0.05, 0) is 0 Å². The molecule has 0 unspecified atom stereocenters. The lowest BCUT2D eigenvalue weighted by Crippen LogP contribution is -2.09. The van der Waals surface area contributed by atoms with E-state index in [0.717, 1.165) is 6.07 Å². The molecule has 1 heterocycles. The molecule has 1 aromatic rings. The minimum Gasteiger partial charge on any atom is -0.505 e. The van der Waals surface area contributed by atoms with Crippen LogP contribution >= 0.6 is 0 Å². The number of halogens is 1. The highest BCUT2D eigenvalue weighted by Gasteiger charge is 2.24. The first-order valence-corrected chi connectivity index (χ1v) is 3.91. The molecule has 0 spiro atoms. The van der Waals surface area contributed by atoms with Gasteiger partial charge < -0.3 is 19.8 Å². The molecule has 0 bridgehead atoms. The summed E-state index contributed by atoms with van der Waals surface area (Å²) in [7, 11) is 0. The first-order chi connectivity index (χ1) is 6.74. The number of nitrogens with one attached hydrogen (secondary N) is 1. The van der Waals surface area contributed by atoms with Crippen LogP contribution in [0.15, 0.2) is 6.07 Å². The first kappa shape index (κ1) is 9.04. The highest BCUT2D eigenvalue weighted by molar-refractivity contribution is 5.53. The third kappa shape index (κ3) is 1.24. The third-order valence-corrected chi connectivity index (χ3v) is 1.93. The first-order valence-electron chi connectivity index (χ1n) is 3.91. The minimum atomic E-state index is -0.823. The van der Waals surface area contributed by atoms with Gasteiger partial charge in [0.25, 0.3) is 0 Å². The molecular weight excluding hydrogens is 193 g/mol. The monoisotopic (exact) mass is 201 g/mol. The number of ether oxygens (including phenoxy) is 2. The standard InChI is InChI=1S/C8H8FNO4/c9-7-4(2-10-12)8-6(1-5(7)11)13-3-14-8/h1,10-12H,2-3H2. The highest BCUT2D eigenvalue weighted by atomic mass is 19.1. The zero-order valence-electron chi connectivity index (χ0n) is 7.08. The lowest BCUT2D eigenvalue weighted by molar-refractivity contribution is 0.154. The average Bonchev–Trinajstić information content (AvgIpc) is 2.60. The maximum atomic E-state index is 13.3. The second kappa shape index (κ2) is 3.32. The molecule has 0 fully saturated rings. The Labute approximate surface area is 78.6 Å². The van der Waals surface area contributed by atoms with E-state index in [2.05, 4.69) is 0 Å². The van der Waals surface area contributed by atoms with Crippen molar-refractivity contribution >= 4 is 0 Å². The Kier molecular flexibility index (Phi) is 2.14. The van der Waals surface area contributed by atoms with Crippen LogP contribution in [-0.2, 0) is 6.54 Å². The van der Waals surface area contributed by atoms with Crippen molar-refractivity contribution in [3.63, 3.8) is 0 Å². The van der Waals surface area contributed by atoms with E-state index < -0.39 is 11.6 Å². The van der Waals surface area contributed by atoms with E-state index in [9.17, 15) is 9.50 Å². The zero-order chi connectivity index (χ0) is 10.1. The van der Waals surface area contributed by atoms with Gasteiger partial charge in [-0.2, -0.15) is 0 Å². The molecule has 0 amide bonds. The Hall–Kier alpha value is -1.53. The van der Waals surface area contributed by atoms with E-state index in [1.54, 1.807) is 5.48 Å². The summed E-state index contributed by atoms with van der Waals surface area (Å²) < 4.78 is 23.3. The molecule has 5 nitrogen and oxygen atoms in total. The molecule has 2 rings (SSSR count). The van der Waals surface area contributed by atoms with E-state index in [1.165, 1.54) is 0 Å². The quantitative estimate of drug-likeness (QED) is 0.615. The van der Waals surface area contributed by atoms with Crippen molar-refractivity contribution in [3.8, 4) is 17.2 Å². The maximum absolute atomic E-state index is 13.3. The minimum absolute atomic E-state index is 0.0172. The van der Waals surface area contributed by atoms with Gasteiger partial charge in [0.1, 0.15) is 0 Å². The molecule has 6 heteroatoms. The van der Waals surface area contributed by atoms with Crippen LogP contribution < -0.4 is 15.0 Å². The normalized spacial score (nSPS) is 13.3. The van der Waals surface area contributed by atoms with Crippen molar-refractivity contribution in [1.82, 2.24) is 5.48 Å². The summed E-state index contributed by atoms with van der Waals surface area (Å²) in [6.07, 6.45) is 0. The number of rotatable bonds is 2. The van der Waals surface area contributed by atoms with Crippen molar-refractivity contribution in [2.75, 3.05) is 6.79 Å². The fraction of sp³-hybridized carbons (Fsp3) is 0.250. The lowest BCUT2D eigenvalue weighted by Gasteiger charge is -2.07. The molecule has 1 aliphatic rings. The SMILES string of the molecule is ONCc1c(F)c(O)cc2c1OCO2. The van der Waals surface area contributed by atoms with E-state index in [4.69, 9.17) is 14.7 Å². The predicted octanol–water partition coefficient (Wildman–Crippen LogP) is 0.739. The summed E-state index contributed by atoms with van der Waals surface area (Å²) in [4.78, 5) is 0. The van der Waals surface area contributed by atoms with Crippen LogP contribution in [0.5, 0.6) is 17.2 Å². The lowest BCUT2D eigenvalue weighted by atomic mass is 10.1. The van der Waals surface area contributed by atoms with E-state index >= 15 is 0 Å². The Morgan fingerprint density at radius 2 is 2.29 bits per heavy atom. The van der Waals surface area contributed by atoms with Crippen molar-refractivity contribution in [2.45, 2.75) is 6.54 Å². The summed E-state index contributed by atoms with van der Waals surface area (Å²) in [5.74, 6) is -0.869. The Balaban J connectivity index is 2.54. The van der Waals surface area contributed by atoms with Gasteiger partial charge in [-0.15, -0.1) is 0 Å². The molecule has 1 aliphatic heterocycles. The predicted molar refractivity (Wildman–Crippen MR) is 42.8 cm³/mol. The van der Waals surface area contributed by atoms with Crippen LogP contribution in [0.2, 0.25) is 0 Å². The topological polar surface area (TPSA) is 71.0 Å². The van der Waals surface area contributed by atoms with E-state index in [1.807, 2.05) is 0 Å². The van der Waals surface area contributed by atoms with Crippen LogP contribution in [-0.4, -0.2) is 17.1 Å². The molecule has 0 saturated heterocycles. The molecule has 14 heavy (non-hydrogen) atoms. The van der Waals surface area contributed by atoms with Gasteiger partial charge in [0, 0.05) is 6.07 Å². The van der Waals surface area contributed by atoms with Gasteiger partial charge in [0.2, 0.25) is 6.79 Å². The van der Waals surface area contributed by atoms with Crippen LogP contribution in [0, 0.1) is 5.82 Å². The Morgan fingerprint density at radius 3 is 3.00 bits per heavy atom. The zero-order valence-corrected chi connectivity index (χ0v) is 7.08. The van der Waals surface area contributed by atoms with Crippen molar-refractivity contribution in [1.29, 1.82) is 0 Å². The summed E-state index contributed by atoms with van der Waals surface area (Å²) in [5.41, 5.74) is 1.84. The third-order valence-electron chi connectivity index (χ3n) is 1.93. The highest BCUT2D eigenvalue weighted by Crippen LogP contribution is 2.41. The summed E-state index contributed by atoms with van der Waals surface area (Å²) in [5, 5.41) is 17.6. The van der Waals surface area contributed by atoms with Crippen molar-refractivity contribution in [2.24, 2.45) is 0 Å². The second-order valence-electron chi connectivity index (χ2n) is 2.76. The Bertz CT molecular complexity index is 369. The van der Waals surface area contributed by atoms with E-state index in [-0.39, 0.29) is 30.4 Å². The van der Waals surface area contributed by atoms with Gasteiger partial charge in [0.15, 0.2) is 23.1 Å². The van der Waals surface area contributed by atoms with Crippen LogP contribution in [0.4, 0.5) is 4.39 Å². The number of benzene rings is 1. The van der Waals surface area contributed by atoms with Gasteiger partial charge in [-0.1, -0.05) is 0 Å². The fourth-order valence-electron chi connectivity index (χ4n) is 1.31. The van der Waals surface area contributed by atoms with Gasteiger partial charge in [-0.25, -0.2) is 9.87 Å². The second-order valence-corrected chi connectivity index (χ2v) is 2.76. The van der Waals surface area contributed by atoms with Gasteiger partial charge >= 0.3 is 0 Å². The molecule has 0 atom stereocenters. The molecule has 76 valence electrons. The van der Waals surface area contributed by atoms with Crippen molar-refractivity contribution in [3.05, 3.63) is 17.4 Å². The number of fused-ring (bicyclic) bond motifs is 1. The van der Waals surface area contributed by atoms with Gasteiger partial charge in [0.05, 0.1) is 12.1 Å². The number of phenols is 1. The molecule has 0 aromatic heterocycles. The molecule has 0 saturated carbocycles. The number of hydrogen-bond donors (Lipinski definition) is 3. The molecular formula is C8H8FNO4. The van der Waals surface area contributed by atoms with Crippen molar-refractivity contribution < 1.29 is 24.2 Å². The molecule has 0 aliphatic carbocycles. The maximum Gasteiger partial charge on any atom is 0.231 e. The molecule has 0 radical (unpaired) electrons. The van der Waals surface area contributed by atoms with E-state index in [0.29, 0.717) is 0 Å². The van der Waals surface area contributed by atoms with Crippen LogP contribution in [0.25, 0.3) is 0 Å². The van der Waals surface area contributed by atoms with Gasteiger partial charge in [-0.3, -0.25) is 0 Å². The number of hydroxylamine groups is 1. The Morgan fingerprint density at radius 1 is 1.50 bits per heavy atom. The number of aromatic hydroxyl groups is 1.